The molecule has 30 heavy (non-hydrogen) atoms. The van der Waals surface area contributed by atoms with Crippen LogP contribution in [-0.2, 0) is 0 Å². The summed E-state index contributed by atoms with van der Waals surface area (Å²) in [5.41, 5.74) is 2.45. The number of anilines is 1. The number of methoxy groups -OCH3 is 2. The van der Waals surface area contributed by atoms with Crippen molar-refractivity contribution in [3.8, 4) is 34.3 Å². The number of carbonyl (C=O) groups is 1. The number of amides is 1. The van der Waals surface area contributed by atoms with Crippen molar-refractivity contribution in [2.75, 3.05) is 19.5 Å². The number of carbonyl (C=O) groups excluding carboxylic acids is 1. The van der Waals surface area contributed by atoms with Gasteiger partial charge in [0.25, 0.3) is 11.8 Å². The van der Waals surface area contributed by atoms with E-state index >= 15 is 0 Å². The number of nitrogens with zero attached hydrogens (tertiary/aromatic N) is 2. The van der Waals surface area contributed by atoms with Crippen LogP contribution in [0.15, 0.2) is 77.3 Å². The average molecular weight is 401 g/mol. The third kappa shape index (κ3) is 4.00. The topological polar surface area (TPSA) is 86.5 Å². The molecule has 0 aliphatic rings. The van der Waals surface area contributed by atoms with E-state index in [1.165, 1.54) is 7.11 Å². The zero-order chi connectivity index (χ0) is 20.9. The monoisotopic (exact) mass is 401 g/mol. The zero-order valence-electron chi connectivity index (χ0n) is 16.5. The molecular weight excluding hydrogens is 382 g/mol. The van der Waals surface area contributed by atoms with E-state index in [2.05, 4.69) is 15.5 Å². The standard InChI is InChI=1S/C23H19N3O4/c1-28-18-11-12-20(29-2)19(14-18)24-22(27)16-9-6-10-17(13-16)23-25-21(26-30-23)15-7-4-3-5-8-15/h3-14H,1-2H3,(H,24,27). The van der Waals surface area contributed by atoms with Gasteiger partial charge in [-0.1, -0.05) is 41.6 Å². The molecule has 0 radical (unpaired) electrons. The Labute approximate surface area is 173 Å². The Morgan fingerprint density at radius 3 is 2.47 bits per heavy atom. The first-order chi connectivity index (χ1) is 14.7. The second kappa shape index (κ2) is 8.48. The fourth-order valence-electron chi connectivity index (χ4n) is 2.94. The quantitative estimate of drug-likeness (QED) is 0.505. The molecule has 1 N–H and O–H groups in total. The maximum absolute atomic E-state index is 12.8. The highest BCUT2D eigenvalue weighted by Crippen LogP contribution is 2.30. The molecule has 0 aliphatic carbocycles. The molecule has 0 bridgehead atoms. The molecule has 4 aromatic rings. The van der Waals surface area contributed by atoms with E-state index in [-0.39, 0.29) is 5.91 Å². The number of nitrogens with one attached hydrogen (secondary N) is 1. The molecule has 1 heterocycles. The summed E-state index contributed by atoms with van der Waals surface area (Å²) in [6.45, 7) is 0. The van der Waals surface area contributed by atoms with Crippen molar-refractivity contribution in [2.24, 2.45) is 0 Å². The van der Waals surface area contributed by atoms with Crippen molar-refractivity contribution in [3.05, 3.63) is 78.4 Å². The molecule has 0 saturated carbocycles. The average Bonchev–Trinajstić information content (AvgIpc) is 3.30. The smallest absolute Gasteiger partial charge is 0.258 e. The molecule has 150 valence electrons. The van der Waals surface area contributed by atoms with Gasteiger partial charge in [-0.05, 0) is 30.3 Å². The van der Waals surface area contributed by atoms with Gasteiger partial charge in [0.1, 0.15) is 11.5 Å². The number of ether oxygens (including phenoxy) is 2. The zero-order valence-corrected chi connectivity index (χ0v) is 16.5. The number of aromatic nitrogens is 2. The Morgan fingerprint density at radius 1 is 0.900 bits per heavy atom. The van der Waals surface area contributed by atoms with Gasteiger partial charge in [-0.2, -0.15) is 4.98 Å². The Kier molecular flexibility index (Phi) is 5.43. The normalized spacial score (nSPS) is 10.5. The maximum atomic E-state index is 12.8. The summed E-state index contributed by atoms with van der Waals surface area (Å²) in [4.78, 5) is 17.3. The van der Waals surface area contributed by atoms with Gasteiger partial charge in [-0.25, -0.2) is 0 Å². The van der Waals surface area contributed by atoms with Crippen LogP contribution in [0.1, 0.15) is 10.4 Å². The first kappa shape index (κ1) is 19.2. The van der Waals surface area contributed by atoms with Gasteiger partial charge >= 0.3 is 0 Å². The summed E-state index contributed by atoms with van der Waals surface area (Å²) in [7, 11) is 3.10. The minimum atomic E-state index is -0.300. The molecule has 1 aromatic heterocycles. The third-order valence-electron chi connectivity index (χ3n) is 4.48. The number of hydrogen-bond donors (Lipinski definition) is 1. The molecule has 0 atom stereocenters. The number of rotatable bonds is 6. The summed E-state index contributed by atoms with van der Waals surface area (Å²) >= 11 is 0. The summed E-state index contributed by atoms with van der Waals surface area (Å²) < 4.78 is 15.9. The van der Waals surface area contributed by atoms with Gasteiger partial charge in [0, 0.05) is 22.8 Å². The first-order valence-corrected chi connectivity index (χ1v) is 9.21. The Hall–Kier alpha value is -4.13. The lowest BCUT2D eigenvalue weighted by atomic mass is 10.1. The van der Waals surface area contributed by atoms with Crippen LogP contribution in [0.3, 0.4) is 0 Å². The Balaban J connectivity index is 1.58. The van der Waals surface area contributed by atoms with E-state index < -0.39 is 0 Å². The maximum Gasteiger partial charge on any atom is 0.258 e. The molecule has 0 fully saturated rings. The highest BCUT2D eigenvalue weighted by molar-refractivity contribution is 6.05. The van der Waals surface area contributed by atoms with Gasteiger partial charge < -0.3 is 19.3 Å². The summed E-state index contributed by atoms with van der Waals surface area (Å²) in [5.74, 6) is 1.67. The molecule has 7 nitrogen and oxygen atoms in total. The van der Waals surface area contributed by atoms with Crippen molar-refractivity contribution in [3.63, 3.8) is 0 Å². The molecule has 0 spiro atoms. The summed E-state index contributed by atoms with van der Waals surface area (Å²) in [6.07, 6.45) is 0. The van der Waals surface area contributed by atoms with Crippen molar-refractivity contribution in [1.29, 1.82) is 0 Å². The Morgan fingerprint density at radius 2 is 1.70 bits per heavy atom. The predicted octanol–water partition coefficient (Wildman–Crippen LogP) is 4.67. The minimum Gasteiger partial charge on any atom is -0.497 e. The fraction of sp³-hybridized carbons (Fsp3) is 0.0870. The highest BCUT2D eigenvalue weighted by atomic mass is 16.5. The fourth-order valence-corrected chi connectivity index (χ4v) is 2.94. The lowest BCUT2D eigenvalue weighted by Crippen LogP contribution is -2.12. The SMILES string of the molecule is COc1ccc(OC)c(NC(=O)c2cccc(-c3nc(-c4ccccc4)no3)c2)c1. The first-order valence-electron chi connectivity index (χ1n) is 9.21. The molecule has 1 amide bonds. The largest absolute Gasteiger partial charge is 0.497 e. The van der Waals surface area contributed by atoms with Crippen LogP contribution in [0.2, 0.25) is 0 Å². The molecule has 3 aromatic carbocycles. The van der Waals surface area contributed by atoms with Crippen molar-refractivity contribution < 1.29 is 18.8 Å². The third-order valence-corrected chi connectivity index (χ3v) is 4.48. The molecular formula is C23H19N3O4. The molecule has 0 saturated heterocycles. The lowest BCUT2D eigenvalue weighted by molar-refractivity contribution is 0.102. The van der Waals surface area contributed by atoms with E-state index in [1.807, 2.05) is 36.4 Å². The second-order valence-corrected chi connectivity index (χ2v) is 6.39. The molecule has 4 rings (SSSR count). The van der Waals surface area contributed by atoms with Gasteiger partial charge in [-0.15, -0.1) is 0 Å². The van der Waals surface area contributed by atoms with Gasteiger partial charge in [0.2, 0.25) is 5.82 Å². The van der Waals surface area contributed by atoms with E-state index in [1.54, 1.807) is 43.5 Å². The summed E-state index contributed by atoms with van der Waals surface area (Å²) in [5, 5.41) is 6.88. The van der Waals surface area contributed by atoms with Crippen LogP contribution in [0.4, 0.5) is 5.69 Å². The van der Waals surface area contributed by atoms with E-state index in [9.17, 15) is 4.79 Å². The van der Waals surface area contributed by atoms with Crippen LogP contribution in [-0.4, -0.2) is 30.3 Å². The predicted molar refractivity (Wildman–Crippen MR) is 113 cm³/mol. The Bertz CT molecular complexity index is 1170. The van der Waals surface area contributed by atoms with Crippen LogP contribution in [0.5, 0.6) is 11.5 Å². The minimum absolute atomic E-state index is 0.300. The van der Waals surface area contributed by atoms with Gasteiger partial charge in [-0.3, -0.25) is 4.79 Å². The lowest BCUT2D eigenvalue weighted by Gasteiger charge is -2.12. The van der Waals surface area contributed by atoms with E-state index in [0.717, 1.165) is 5.56 Å². The summed E-state index contributed by atoms with van der Waals surface area (Å²) in [6, 6.07) is 21.7. The van der Waals surface area contributed by atoms with E-state index in [0.29, 0.717) is 40.0 Å². The number of benzene rings is 3. The van der Waals surface area contributed by atoms with Crippen LogP contribution in [0, 0.1) is 0 Å². The molecule has 0 aliphatic heterocycles. The molecule has 7 heteroatoms. The van der Waals surface area contributed by atoms with Crippen molar-refractivity contribution >= 4 is 11.6 Å². The molecule has 0 unspecified atom stereocenters. The second-order valence-electron chi connectivity index (χ2n) is 6.39. The van der Waals surface area contributed by atoms with Crippen LogP contribution < -0.4 is 14.8 Å². The van der Waals surface area contributed by atoms with Crippen LogP contribution in [0.25, 0.3) is 22.8 Å². The van der Waals surface area contributed by atoms with Crippen molar-refractivity contribution in [2.45, 2.75) is 0 Å². The van der Waals surface area contributed by atoms with Gasteiger partial charge in [0.05, 0.1) is 19.9 Å². The highest BCUT2D eigenvalue weighted by Gasteiger charge is 2.15. The number of hydrogen-bond acceptors (Lipinski definition) is 6. The van der Waals surface area contributed by atoms with Crippen molar-refractivity contribution in [1.82, 2.24) is 10.1 Å². The van der Waals surface area contributed by atoms with E-state index in [4.69, 9.17) is 14.0 Å². The van der Waals surface area contributed by atoms with Crippen LogP contribution >= 0.6 is 0 Å². The van der Waals surface area contributed by atoms with Gasteiger partial charge in [0.15, 0.2) is 0 Å².